The Morgan fingerprint density at radius 1 is 1.08 bits per heavy atom. The zero-order valence-corrected chi connectivity index (χ0v) is 13.9. The van der Waals surface area contributed by atoms with Gasteiger partial charge in [0.15, 0.2) is 5.79 Å². The molecule has 0 radical (unpaired) electrons. The number of ether oxygens (including phenoxy) is 2. The van der Waals surface area contributed by atoms with Crippen LogP contribution in [0.1, 0.15) is 23.2 Å². The minimum Gasteiger partial charge on any atom is -0.346 e. The summed E-state index contributed by atoms with van der Waals surface area (Å²) in [6, 6.07) is 12.9. The molecule has 25 heavy (non-hydrogen) atoms. The van der Waals surface area contributed by atoms with Gasteiger partial charge in [-0.1, -0.05) is 30.3 Å². The predicted molar refractivity (Wildman–Crippen MR) is 92.3 cm³/mol. The maximum Gasteiger partial charge on any atom is 0.261 e. The highest BCUT2D eigenvalue weighted by Gasteiger charge is 2.42. The quantitative estimate of drug-likeness (QED) is 0.908. The molecule has 2 aliphatic rings. The molecule has 1 N–H and O–H groups in total. The number of hydrogen-bond acceptors (Lipinski definition) is 4. The first-order valence-corrected chi connectivity index (χ1v) is 8.53. The number of nitrogens with one attached hydrogen (secondary N) is 1. The Labute approximate surface area is 145 Å². The van der Waals surface area contributed by atoms with Gasteiger partial charge in [-0.3, -0.25) is 9.59 Å². The summed E-state index contributed by atoms with van der Waals surface area (Å²) in [6.07, 6.45) is 1.58. The van der Waals surface area contributed by atoms with Crippen LogP contribution in [-0.2, 0) is 9.47 Å². The van der Waals surface area contributed by atoms with Crippen molar-refractivity contribution in [2.45, 2.75) is 18.6 Å². The van der Waals surface area contributed by atoms with Crippen LogP contribution in [0.3, 0.4) is 0 Å². The second kappa shape index (κ2) is 6.46. The molecule has 0 bridgehead atoms. The van der Waals surface area contributed by atoms with Gasteiger partial charge in [-0.2, -0.15) is 0 Å². The summed E-state index contributed by atoms with van der Waals surface area (Å²) in [5.41, 5.74) is 1.37. The summed E-state index contributed by atoms with van der Waals surface area (Å²) in [4.78, 5) is 29.7. The molecule has 0 atom stereocenters. The highest BCUT2D eigenvalue weighted by Crippen LogP contribution is 2.30. The lowest BCUT2D eigenvalue weighted by Gasteiger charge is -2.38. The molecule has 2 saturated heterocycles. The van der Waals surface area contributed by atoms with Gasteiger partial charge in [0.25, 0.3) is 11.5 Å². The van der Waals surface area contributed by atoms with E-state index in [2.05, 4.69) is 4.98 Å². The Kier molecular flexibility index (Phi) is 4.15. The monoisotopic (exact) mass is 340 g/mol. The molecule has 0 unspecified atom stereocenters. The van der Waals surface area contributed by atoms with Crippen molar-refractivity contribution in [1.29, 1.82) is 0 Å². The van der Waals surface area contributed by atoms with Crippen molar-refractivity contribution in [3.8, 4) is 11.3 Å². The first-order valence-electron chi connectivity index (χ1n) is 8.53. The van der Waals surface area contributed by atoms with E-state index in [1.807, 2.05) is 30.3 Å². The third kappa shape index (κ3) is 3.10. The van der Waals surface area contributed by atoms with E-state index in [0.29, 0.717) is 32.0 Å². The molecule has 2 aliphatic heterocycles. The van der Waals surface area contributed by atoms with E-state index >= 15 is 0 Å². The normalized spacial score (nSPS) is 19.3. The molecule has 0 aliphatic carbocycles. The number of aromatic amines is 1. The SMILES string of the molecule is O=C(c1ccc(-c2ccccc2)[nH]c1=O)N1CCCC2(C1)OCCO2. The van der Waals surface area contributed by atoms with E-state index in [0.717, 1.165) is 18.4 Å². The van der Waals surface area contributed by atoms with E-state index in [1.165, 1.54) is 0 Å². The molecule has 2 aromatic rings. The van der Waals surface area contributed by atoms with Crippen LogP contribution in [0.15, 0.2) is 47.3 Å². The van der Waals surface area contributed by atoms with Crippen LogP contribution in [0.2, 0.25) is 0 Å². The number of benzene rings is 1. The molecular weight excluding hydrogens is 320 g/mol. The van der Waals surface area contributed by atoms with Gasteiger partial charge in [-0.25, -0.2) is 0 Å². The van der Waals surface area contributed by atoms with Crippen LogP contribution in [-0.4, -0.2) is 47.9 Å². The van der Waals surface area contributed by atoms with Gasteiger partial charge in [0.1, 0.15) is 5.56 Å². The first kappa shape index (κ1) is 16.1. The van der Waals surface area contributed by atoms with Crippen molar-refractivity contribution < 1.29 is 14.3 Å². The van der Waals surface area contributed by atoms with Crippen LogP contribution in [0, 0.1) is 0 Å². The van der Waals surface area contributed by atoms with Crippen molar-refractivity contribution in [3.63, 3.8) is 0 Å². The number of hydrogen-bond donors (Lipinski definition) is 1. The van der Waals surface area contributed by atoms with Gasteiger partial charge >= 0.3 is 0 Å². The largest absolute Gasteiger partial charge is 0.346 e. The van der Waals surface area contributed by atoms with Gasteiger partial charge in [-0.15, -0.1) is 0 Å². The number of carbonyl (C=O) groups is 1. The second-order valence-electron chi connectivity index (χ2n) is 6.42. The van der Waals surface area contributed by atoms with Gasteiger partial charge in [0, 0.05) is 18.7 Å². The number of rotatable bonds is 2. The zero-order chi connectivity index (χ0) is 17.3. The molecule has 1 spiro atoms. The van der Waals surface area contributed by atoms with Crippen LogP contribution < -0.4 is 5.56 Å². The maximum absolute atomic E-state index is 12.8. The van der Waals surface area contributed by atoms with E-state index < -0.39 is 5.79 Å². The molecule has 4 rings (SSSR count). The Bertz CT molecular complexity index is 825. The lowest BCUT2D eigenvalue weighted by atomic mass is 10.0. The fourth-order valence-electron chi connectivity index (χ4n) is 3.49. The summed E-state index contributed by atoms with van der Waals surface area (Å²) < 4.78 is 11.4. The third-order valence-electron chi connectivity index (χ3n) is 4.74. The Morgan fingerprint density at radius 2 is 1.84 bits per heavy atom. The van der Waals surface area contributed by atoms with Gasteiger partial charge in [0.2, 0.25) is 0 Å². The molecule has 6 nitrogen and oxygen atoms in total. The van der Waals surface area contributed by atoms with Crippen molar-refractivity contribution >= 4 is 5.91 Å². The number of aromatic nitrogens is 1. The van der Waals surface area contributed by atoms with Crippen molar-refractivity contribution in [2.24, 2.45) is 0 Å². The highest BCUT2D eigenvalue weighted by atomic mass is 16.7. The van der Waals surface area contributed by atoms with E-state index in [1.54, 1.807) is 17.0 Å². The molecule has 3 heterocycles. The Morgan fingerprint density at radius 3 is 2.56 bits per heavy atom. The zero-order valence-electron chi connectivity index (χ0n) is 13.9. The first-order chi connectivity index (χ1) is 12.2. The summed E-state index contributed by atoms with van der Waals surface area (Å²) in [5.74, 6) is -0.968. The second-order valence-corrected chi connectivity index (χ2v) is 6.42. The van der Waals surface area contributed by atoms with Crippen LogP contribution in [0.5, 0.6) is 0 Å². The molecule has 1 aromatic heterocycles. The third-order valence-corrected chi connectivity index (χ3v) is 4.74. The average Bonchev–Trinajstić information content (AvgIpc) is 3.09. The van der Waals surface area contributed by atoms with Crippen molar-refractivity contribution in [1.82, 2.24) is 9.88 Å². The molecule has 1 amide bonds. The number of nitrogens with zero attached hydrogens (tertiary/aromatic N) is 1. The Balaban J connectivity index is 1.57. The fraction of sp³-hybridized carbons (Fsp3) is 0.368. The summed E-state index contributed by atoms with van der Waals surface area (Å²) >= 11 is 0. The summed E-state index contributed by atoms with van der Waals surface area (Å²) in [7, 11) is 0. The lowest BCUT2D eigenvalue weighted by Crippen LogP contribution is -2.51. The van der Waals surface area contributed by atoms with E-state index in [9.17, 15) is 9.59 Å². The minimum atomic E-state index is -0.690. The van der Waals surface area contributed by atoms with Gasteiger partial charge in [-0.05, 0) is 24.1 Å². The van der Waals surface area contributed by atoms with Crippen LogP contribution in [0.25, 0.3) is 11.3 Å². The molecule has 6 heteroatoms. The number of pyridine rings is 1. The molecule has 1 aromatic carbocycles. The number of piperidine rings is 1. The van der Waals surface area contributed by atoms with Crippen LogP contribution >= 0.6 is 0 Å². The van der Waals surface area contributed by atoms with Crippen molar-refractivity contribution in [2.75, 3.05) is 26.3 Å². The van der Waals surface area contributed by atoms with Crippen molar-refractivity contribution in [3.05, 3.63) is 58.4 Å². The number of likely N-dealkylation sites (tertiary alicyclic amines) is 1. The summed E-state index contributed by atoms with van der Waals surface area (Å²) in [6.45, 7) is 2.07. The smallest absolute Gasteiger partial charge is 0.261 e. The molecule has 0 saturated carbocycles. The highest BCUT2D eigenvalue weighted by molar-refractivity contribution is 5.94. The fourth-order valence-corrected chi connectivity index (χ4v) is 3.49. The molecule has 2 fully saturated rings. The van der Waals surface area contributed by atoms with Gasteiger partial charge < -0.3 is 19.4 Å². The number of carbonyl (C=O) groups excluding carboxylic acids is 1. The van der Waals surface area contributed by atoms with E-state index in [4.69, 9.17) is 9.47 Å². The topological polar surface area (TPSA) is 71.6 Å². The minimum absolute atomic E-state index is 0.148. The van der Waals surface area contributed by atoms with E-state index in [-0.39, 0.29) is 17.0 Å². The van der Waals surface area contributed by atoms with Crippen LogP contribution in [0.4, 0.5) is 0 Å². The molecule has 130 valence electrons. The van der Waals surface area contributed by atoms with Gasteiger partial charge in [0.05, 0.1) is 19.8 Å². The maximum atomic E-state index is 12.8. The average molecular weight is 340 g/mol. The summed E-state index contributed by atoms with van der Waals surface area (Å²) in [5, 5.41) is 0. The predicted octanol–water partition coefficient (Wildman–Crippen LogP) is 2.02. The lowest BCUT2D eigenvalue weighted by molar-refractivity contribution is -0.183. The number of amides is 1. The molecular formula is C19H20N2O4. The number of H-pyrrole nitrogens is 1. The Hall–Kier alpha value is -2.44. The standard InChI is InChI=1S/C19H20N2O4/c22-17-15(7-8-16(20-17)14-5-2-1-3-6-14)18(23)21-10-4-9-19(13-21)24-11-12-25-19/h1-3,5-8H,4,9-13H2,(H,20,22).